The Morgan fingerprint density at radius 1 is 1.30 bits per heavy atom. The zero-order chi connectivity index (χ0) is 14.7. The third-order valence-corrected chi connectivity index (χ3v) is 3.65. The van der Waals surface area contributed by atoms with Gasteiger partial charge in [0.2, 0.25) is 0 Å². The Balaban J connectivity index is 2.12. The van der Waals surface area contributed by atoms with Gasteiger partial charge in [-0.05, 0) is 29.8 Å². The van der Waals surface area contributed by atoms with Crippen LogP contribution in [0.4, 0.5) is 4.39 Å². The molecule has 0 bridgehead atoms. The van der Waals surface area contributed by atoms with Gasteiger partial charge in [-0.1, -0.05) is 39.1 Å². The van der Waals surface area contributed by atoms with Crippen molar-refractivity contribution in [3.8, 4) is 0 Å². The minimum Gasteiger partial charge on any atom is -0.348 e. The normalized spacial score (nSPS) is 10.4. The summed E-state index contributed by atoms with van der Waals surface area (Å²) >= 11 is 14.7. The number of hydrogen-bond acceptors (Lipinski definition) is 3. The topological polar surface area (TPSA) is 54.9 Å². The lowest BCUT2D eigenvalue weighted by molar-refractivity contribution is 0.0950. The second-order valence-electron chi connectivity index (χ2n) is 3.79. The smallest absolute Gasteiger partial charge is 0.254 e. The van der Waals surface area contributed by atoms with Crippen LogP contribution < -0.4 is 5.32 Å². The lowest BCUT2D eigenvalue weighted by atomic mass is 10.2. The van der Waals surface area contributed by atoms with Crippen LogP contribution in [0, 0.1) is 5.82 Å². The van der Waals surface area contributed by atoms with E-state index < -0.39 is 5.91 Å². The first-order valence-electron chi connectivity index (χ1n) is 5.38. The number of carbonyl (C=O) groups excluding carboxylic acids is 1. The van der Waals surface area contributed by atoms with E-state index in [0.717, 1.165) is 0 Å². The molecule has 0 unspecified atom stereocenters. The maximum absolute atomic E-state index is 13.1. The van der Waals surface area contributed by atoms with Crippen LogP contribution in [-0.2, 0) is 6.54 Å². The molecule has 4 nitrogen and oxygen atoms in total. The molecule has 1 aromatic heterocycles. The number of halogens is 4. The van der Waals surface area contributed by atoms with Crippen LogP contribution in [0.25, 0.3) is 0 Å². The summed E-state index contributed by atoms with van der Waals surface area (Å²) < 4.78 is 13.8. The molecule has 0 atom stereocenters. The van der Waals surface area contributed by atoms with E-state index in [2.05, 4.69) is 31.4 Å². The fourth-order valence-electron chi connectivity index (χ4n) is 1.46. The summed E-state index contributed by atoms with van der Waals surface area (Å²) in [5.41, 5.74) is 0.710. The summed E-state index contributed by atoms with van der Waals surface area (Å²) in [5.74, 6) is -0.855. The van der Waals surface area contributed by atoms with Crippen LogP contribution >= 0.6 is 39.1 Å². The van der Waals surface area contributed by atoms with E-state index in [9.17, 15) is 9.18 Å². The van der Waals surface area contributed by atoms with Crippen molar-refractivity contribution in [1.29, 1.82) is 0 Å². The van der Waals surface area contributed by atoms with Crippen molar-refractivity contribution in [2.45, 2.75) is 6.54 Å². The molecule has 1 aromatic carbocycles. The van der Waals surface area contributed by atoms with Crippen molar-refractivity contribution in [2.24, 2.45) is 0 Å². The minimum atomic E-state index is -0.469. The van der Waals surface area contributed by atoms with Crippen LogP contribution in [0.5, 0.6) is 0 Å². The number of amides is 1. The Morgan fingerprint density at radius 3 is 2.80 bits per heavy atom. The molecular weight excluding hydrogens is 372 g/mol. The Labute approximate surface area is 132 Å². The van der Waals surface area contributed by atoms with Crippen LogP contribution in [-0.4, -0.2) is 16.1 Å². The van der Waals surface area contributed by atoms with Crippen molar-refractivity contribution >= 4 is 45.0 Å². The SMILES string of the molecule is O=C(NCc1cc(F)ccc1Br)c1cc(Cl)nnc1Cl. The molecule has 8 heteroatoms. The molecule has 1 N–H and O–H groups in total. The first-order valence-corrected chi connectivity index (χ1v) is 6.93. The van der Waals surface area contributed by atoms with Crippen molar-refractivity contribution in [3.63, 3.8) is 0 Å². The second kappa shape index (κ2) is 6.47. The molecule has 0 aliphatic carbocycles. The third kappa shape index (κ3) is 3.65. The standard InChI is InChI=1S/C12H7BrCl2FN3O/c13-9-2-1-7(16)3-6(9)5-17-12(20)8-4-10(14)18-19-11(8)15/h1-4H,5H2,(H,17,20). The fraction of sp³-hybridized carbons (Fsp3) is 0.0833. The summed E-state index contributed by atoms with van der Waals surface area (Å²) in [5, 5.41) is 9.67. The number of nitrogens with one attached hydrogen (secondary N) is 1. The summed E-state index contributed by atoms with van der Waals surface area (Å²) in [6.45, 7) is 0.132. The quantitative estimate of drug-likeness (QED) is 0.887. The molecule has 0 aliphatic rings. The number of rotatable bonds is 3. The van der Waals surface area contributed by atoms with Gasteiger partial charge in [0.1, 0.15) is 5.82 Å². The maximum atomic E-state index is 13.1. The lowest BCUT2D eigenvalue weighted by Gasteiger charge is -2.08. The Bertz CT molecular complexity index is 669. The van der Waals surface area contributed by atoms with E-state index in [1.165, 1.54) is 18.2 Å². The molecular formula is C12H7BrCl2FN3O. The van der Waals surface area contributed by atoms with Gasteiger partial charge in [0.15, 0.2) is 10.3 Å². The van der Waals surface area contributed by atoms with Crippen LogP contribution in [0.3, 0.4) is 0 Å². The molecule has 2 aromatic rings. The maximum Gasteiger partial charge on any atom is 0.254 e. The van der Waals surface area contributed by atoms with E-state index in [-0.39, 0.29) is 28.2 Å². The highest BCUT2D eigenvalue weighted by molar-refractivity contribution is 9.10. The highest BCUT2D eigenvalue weighted by atomic mass is 79.9. The van der Waals surface area contributed by atoms with Crippen LogP contribution in [0.1, 0.15) is 15.9 Å². The molecule has 0 saturated carbocycles. The second-order valence-corrected chi connectivity index (χ2v) is 5.39. The summed E-state index contributed by atoms with van der Waals surface area (Å²) in [7, 11) is 0. The molecule has 104 valence electrons. The van der Waals surface area contributed by atoms with Crippen LogP contribution in [0.2, 0.25) is 10.3 Å². The number of hydrogen-bond donors (Lipinski definition) is 1. The Kier molecular flexibility index (Phi) is 4.91. The minimum absolute atomic E-state index is 0.0507. The monoisotopic (exact) mass is 377 g/mol. The van der Waals surface area contributed by atoms with Crippen molar-refractivity contribution in [3.05, 3.63) is 56.0 Å². The largest absolute Gasteiger partial charge is 0.348 e. The summed E-state index contributed by atoms with van der Waals surface area (Å²) in [6.07, 6.45) is 0. The highest BCUT2D eigenvalue weighted by Gasteiger charge is 2.13. The van der Waals surface area contributed by atoms with Gasteiger partial charge in [-0.15, -0.1) is 10.2 Å². The van der Waals surface area contributed by atoms with Gasteiger partial charge in [-0.2, -0.15) is 0 Å². The molecule has 0 aliphatic heterocycles. The summed E-state index contributed by atoms with van der Waals surface area (Å²) in [6, 6.07) is 5.52. The van der Waals surface area contributed by atoms with Crippen molar-refractivity contribution in [2.75, 3.05) is 0 Å². The number of carbonyl (C=O) groups is 1. The highest BCUT2D eigenvalue weighted by Crippen LogP contribution is 2.19. The van der Waals surface area contributed by atoms with E-state index in [1.54, 1.807) is 6.07 Å². The molecule has 20 heavy (non-hydrogen) atoms. The van der Waals surface area contributed by atoms with Crippen LogP contribution in [0.15, 0.2) is 28.7 Å². The lowest BCUT2D eigenvalue weighted by Crippen LogP contribution is -2.23. The van der Waals surface area contributed by atoms with Gasteiger partial charge >= 0.3 is 0 Å². The number of aromatic nitrogens is 2. The van der Waals surface area contributed by atoms with E-state index in [1.807, 2.05) is 0 Å². The van der Waals surface area contributed by atoms with E-state index >= 15 is 0 Å². The number of nitrogens with zero attached hydrogens (tertiary/aromatic N) is 2. The summed E-state index contributed by atoms with van der Waals surface area (Å²) in [4.78, 5) is 12.0. The van der Waals surface area contributed by atoms with Gasteiger partial charge in [0.05, 0.1) is 5.56 Å². The van der Waals surface area contributed by atoms with Crippen molar-refractivity contribution in [1.82, 2.24) is 15.5 Å². The third-order valence-electron chi connectivity index (χ3n) is 2.41. The number of benzene rings is 1. The molecule has 0 spiro atoms. The first kappa shape index (κ1) is 15.2. The van der Waals surface area contributed by atoms with Gasteiger partial charge in [0, 0.05) is 11.0 Å². The van der Waals surface area contributed by atoms with Gasteiger partial charge in [-0.3, -0.25) is 4.79 Å². The predicted octanol–water partition coefficient (Wildman–Crippen LogP) is 3.62. The van der Waals surface area contributed by atoms with Gasteiger partial charge in [-0.25, -0.2) is 4.39 Å². The molecule has 1 amide bonds. The zero-order valence-corrected chi connectivity index (χ0v) is 12.9. The van der Waals surface area contributed by atoms with E-state index in [4.69, 9.17) is 23.2 Å². The fourth-order valence-corrected chi connectivity index (χ4v) is 2.17. The first-order chi connectivity index (χ1) is 9.47. The van der Waals surface area contributed by atoms with Gasteiger partial charge < -0.3 is 5.32 Å². The molecule has 1 heterocycles. The molecule has 0 radical (unpaired) electrons. The Hall–Kier alpha value is -1.24. The molecule has 0 fully saturated rings. The van der Waals surface area contributed by atoms with Gasteiger partial charge in [0.25, 0.3) is 5.91 Å². The predicted molar refractivity (Wildman–Crippen MR) is 77.3 cm³/mol. The zero-order valence-electron chi connectivity index (χ0n) is 9.83. The Morgan fingerprint density at radius 2 is 2.05 bits per heavy atom. The van der Waals surface area contributed by atoms with Crippen molar-refractivity contribution < 1.29 is 9.18 Å². The van der Waals surface area contributed by atoms with E-state index in [0.29, 0.717) is 10.0 Å². The molecule has 2 rings (SSSR count). The molecule has 0 saturated heterocycles. The average Bonchev–Trinajstić information content (AvgIpc) is 2.42. The average molecular weight is 379 g/mol.